The third kappa shape index (κ3) is 3.90. The van der Waals surface area contributed by atoms with Crippen molar-refractivity contribution < 1.29 is 9.53 Å². The van der Waals surface area contributed by atoms with Crippen molar-refractivity contribution in [3.63, 3.8) is 0 Å². The molecule has 0 aromatic carbocycles. The van der Waals surface area contributed by atoms with Crippen LogP contribution in [0.25, 0.3) is 10.6 Å². The lowest BCUT2D eigenvalue weighted by atomic mass is 10.1. The van der Waals surface area contributed by atoms with Crippen LogP contribution in [0.2, 0.25) is 5.28 Å². The van der Waals surface area contributed by atoms with Crippen LogP contribution in [0, 0.1) is 0 Å². The number of fused-ring (bicyclic) bond motifs is 1. The van der Waals surface area contributed by atoms with Gasteiger partial charge in [0, 0.05) is 17.6 Å². The minimum Gasteiger partial charge on any atom is -0.444 e. The van der Waals surface area contributed by atoms with Gasteiger partial charge in [-0.3, -0.25) is 0 Å². The molecule has 2 aromatic heterocycles. The first-order chi connectivity index (χ1) is 11.2. The van der Waals surface area contributed by atoms with Gasteiger partial charge in [0.05, 0.1) is 21.6 Å². The lowest BCUT2D eigenvalue weighted by Gasteiger charge is -2.29. The molecule has 128 valence electrons. The van der Waals surface area contributed by atoms with Gasteiger partial charge >= 0.3 is 6.09 Å². The van der Waals surface area contributed by atoms with E-state index in [2.05, 4.69) is 32.0 Å². The van der Waals surface area contributed by atoms with Crippen LogP contribution in [0.3, 0.4) is 0 Å². The van der Waals surface area contributed by atoms with Gasteiger partial charge < -0.3 is 9.64 Å². The number of halogens is 2. The lowest BCUT2D eigenvalue weighted by molar-refractivity contribution is 0.0225. The molecule has 3 rings (SSSR count). The minimum atomic E-state index is -0.486. The van der Waals surface area contributed by atoms with Crippen LogP contribution in [0.5, 0.6) is 0 Å². The fraction of sp³-hybridized carbons (Fsp3) is 0.438. The second kappa shape index (κ2) is 6.61. The third-order valence-corrected chi connectivity index (χ3v) is 5.47. The standard InChI is InChI=1S/C16H17BrClN3O2S/c1-16(2,3)23-15(22)21-5-4-11-9(8-21)6-12(24-11)13-10(17)7-19-14(18)20-13/h6-7H,4-5,8H2,1-3H3. The number of rotatable bonds is 1. The molecular formula is C16H17BrClN3O2S. The maximum absolute atomic E-state index is 12.3. The zero-order valence-corrected chi connectivity index (χ0v) is 16.8. The summed E-state index contributed by atoms with van der Waals surface area (Å²) < 4.78 is 6.26. The van der Waals surface area contributed by atoms with Crippen LogP contribution in [0.1, 0.15) is 31.2 Å². The smallest absolute Gasteiger partial charge is 0.410 e. The Morgan fingerprint density at radius 3 is 2.92 bits per heavy atom. The largest absolute Gasteiger partial charge is 0.444 e. The number of hydrogen-bond donors (Lipinski definition) is 0. The Kier molecular flexibility index (Phi) is 4.86. The Bertz CT molecular complexity index is 788. The van der Waals surface area contributed by atoms with E-state index in [1.807, 2.05) is 20.8 Å². The normalized spacial score (nSPS) is 14.5. The predicted molar refractivity (Wildman–Crippen MR) is 98.4 cm³/mol. The molecule has 0 spiro atoms. The summed E-state index contributed by atoms with van der Waals surface area (Å²) in [6, 6.07) is 2.07. The van der Waals surface area contributed by atoms with Gasteiger partial charge in [0.15, 0.2) is 0 Å². The Balaban J connectivity index is 1.82. The number of amides is 1. The quantitative estimate of drug-likeness (QED) is 0.603. The minimum absolute atomic E-state index is 0.218. The Labute approximate surface area is 158 Å². The van der Waals surface area contributed by atoms with Gasteiger partial charge in [0.25, 0.3) is 0 Å². The van der Waals surface area contributed by atoms with Crippen LogP contribution in [-0.4, -0.2) is 33.1 Å². The summed E-state index contributed by atoms with van der Waals surface area (Å²) in [5.74, 6) is 0. The van der Waals surface area contributed by atoms with E-state index in [1.54, 1.807) is 22.4 Å². The van der Waals surface area contributed by atoms with Gasteiger partial charge in [-0.2, -0.15) is 0 Å². The highest BCUT2D eigenvalue weighted by Crippen LogP contribution is 2.37. The van der Waals surface area contributed by atoms with E-state index < -0.39 is 5.60 Å². The molecule has 0 N–H and O–H groups in total. The van der Waals surface area contributed by atoms with E-state index in [-0.39, 0.29) is 11.4 Å². The Hall–Kier alpha value is -1.18. The molecule has 1 amide bonds. The SMILES string of the molecule is CC(C)(C)OC(=O)N1CCc2sc(-c3nc(Cl)ncc3Br)cc2C1. The molecule has 0 aliphatic carbocycles. The summed E-state index contributed by atoms with van der Waals surface area (Å²) >= 11 is 11.1. The summed E-state index contributed by atoms with van der Waals surface area (Å²) in [6.45, 7) is 6.84. The molecule has 24 heavy (non-hydrogen) atoms. The van der Waals surface area contributed by atoms with Crippen LogP contribution in [0.4, 0.5) is 4.79 Å². The predicted octanol–water partition coefficient (Wildman–Crippen LogP) is 4.91. The molecule has 8 heteroatoms. The van der Waals surface area contributed by atoms with E-state index >= 15 is 0 Å². The topological polar surface area (TPSA) is 55.3 Å². The van der Waals surface area contributed by atoms with Crippen molar-refractivity contribution in [2.24, 2.45) is 0 Å². The number of ether oxygens (including phenoxy) is 1. The van der Waals surface area contributed by atoms with Crippen molar-refractivity contribution in [2.75, 3.05) is 6.54 Å². The van der Waals surface area contributed by atoms with Gasteiger partial charge in [-0.05, 0) is 66.4 Å². The summed E-state index contributed by atoms with van der Waals surface area (Å²) in [6.07, 6.45) is 2.19. The maximum Gasteiger partial charge on any atom is 0.410 e. The van der Waals surface area contributed by atoms with Crippen LogP contribution in [0.15, 0.2) is 16.7 Å². The summed E-state index contributed by atoms with van der Waals surface area (Å²) in [5.41, 5.74) is 1.42. The Morgan fingerprint density at radius 1 is 1.46 bits per heavy atom. The zero-order chi connectivity index (χ0) is 17.5. The molecule has 0 saturated heterocycles. The average Bonchev–Trinajstić information content (AvgIpc) is 2.90. The molecule has 0 unspecified atom stereocenters. The summed E-state index contributed by atoms with van der Waals surface area (Å²) in [5, 5.41) is 0.218. The number of thiophene rings is 1. The number of carbonyl (C=O) groups excluding carboxylic acids is 1. The van der Waals surface area contributed by atoms with Gasteiger partial charge in [-0.25, -0.2) is 14.8 Å². The third-order valence-electron chi connectivity index (χ3n) is 3.47. The zero-order valence-electron chi connectivity index (χ0n) is 13.6. The Morgan fingerprint density at radius 2 is 2.21 bits per heavy atom. The van der Waals surface area contributed by atoms with Crippen molar-refractivity contribution in [1.82, 2.24) is 14.9 Å². The second-order valence-corrected chi connectivity index (χ2v) is 8.88. The summed E-state index contributed by atoms with van der Waals surface area (Å²) in [4.78, 5) is 24.5. The monoisotopic (exact) mass is 429 g/mol. The first kappa shape index (κ1) is 17.6. The molecule has 3 heterocycles. The maximum atomic E-state index is 12.3. The van der Waals surface area contributed by atoms with Crippen LogP contribution in [-0.2, 0) is 17.7 Å². The van der Waals surface area contributed by atoms with Crippen molar-refractivity contribution in [2.45, 2.75) is 39.3 Å². The first-order valence-corrected chi connectivity index (χ1v) is 9.49. The number of carbonyl (C=O) groups is 1. The number of aromatic nitrogens is 2. The van der Waals surface area contributed by atoms with Crippen LogP contribution < -0.4 is 0 Å². The molecule has 1 aliphatic heterocycles. The average molecular weight is 431 g/mol. The molecular weight excluding hydrogens is 414 g/mol. The van der Waals surface area contributed by atoms with Crippen molar-refractivity contribution >= 4 is 45.0 Å². The molecule has 5 nitrogen and oxygen atoms in total. The molecule has 0 radical (unpaired) electrons. The number of hydrogen-bond acceptors (Lipinski definition) is 5. The van der Waals surface area contributed by atoms with Crippen molar-refractivity contribution in [3.8, 4) is 10.6 Å². The van der Waals surface area contributed by atoms with E-state index in [4.69, 9.17) is 16.3 Å². The fourth-order valence-electron chi connectivity index (χ4n) is 2.45. The van der Waals surface area contributed by atoms with E-state index in [0.717, 1.165) is 27.0 Å². The highest BCUT2D eigenvalue weighted by Gasteiger charge is 2.27. The van der Waals surface area contributed by atoms with Gasteiger partial charge in [0.2, 0.25) is 5.28 Å². The molecule has 0 saturated carbocycles. The van der Waals surface area contributed by atoms with Gasteiger partial charge in [-0.1, -0.05) is 0 Å². The van der Waals surface area contributed by atoms with E-state index in [1.165, 1.54) is 4.88 Å². The second-order valence-electron chi connectivity index (χ2n) is 6.55. The highest BCUT2D eigenvalue weighted by atomic mass is 79.9. The van der Waals surface area contributed by atoms with E-state index in [0.29, 0.717) is 13.1 Å². The van der Waals surface area contributed by atoms with Crippen molar-refractivity contribution in [3.05, 3.63) is 32.5 Å². The van der Waals surface area contributed by atoms with Gasteiger partial charge in [0.1, 0.15) is 5.60 Å². The number of nitrogens with zero attached hydrogens (tertiary/aromatic N) is 3. The molecule has 2 aromatic rings. The van der Waals surface area contributed by atoms with Gasteiger partial charge in [-0.15, -0.1) is 11.3 Å². The lowest BCUT2D eigenvalue weighted by Crippen LogP contribution is -2.39. The molecule has 0 atom stereocenters. The van der Waals surface area contributed by atoms with Crippen molar-refractivity contribution in [1.29, 1.82) is 0 Å². The summed E-state index contributed by atoms with van der Waals surface area (Å²) in [7, 11) is 0. The van der Waals surface area contributed by atoms with E-state index in [9.17, 15) is 4.79 Å². The fourth-order valence-corrected chi connectivity index (χ4v) is 4.29. The molecule has 0 fully saturated rings. The highest BCUT2D eigenvalue weighted by molar-refractivity contribution is 9.10. The van der Waals surface area contributed by atoms with Crippen LogP contribution >= 0.6 is 38.9 Å². The first-order valence-electron chi connectivity index (χ1n) is 7.51. The molecule has 0 bridgehead atoms. The molecule has 1 aliphatic rings.